The van der Waals surface area contributed by atoms with Gasteiger partial charge in [-0.25, -0.2) is 4.98 Å². The molecule has 0 spiro atoms. The molecule has 1 aromatic heterocycles. The van der Waals surface area contributed by atoms with Gasteiger partial charge in [0.2, 0.25) is 5.91 Å². The maximum absolute atomic E-state index is 12.4. The second kappa shape index (κ2) is 13.0. The van der Waals surface area contributed by atoms with E-state index >= 15 is 0 Å². The molecule has 0 aliphatic heterocycles. The van der Waals surface area contributed by atoms with Crippen molar-refractivity contribution in [1.82, 2.24) is 15.6 Å². The molecule has 2 aromatic carbocycles. The number of aliphatic hydroxyl groups is 2. The molecule has 192 valence electrons. The average molecular weight is 494 g/mol. The SMILES string of the molecule is CC(C)(Cc1cccc(CC(=O)NCCOc2ccccc2)c1)NCC(O)c1ccc(O)c(CO)n1. The lowest BCUT2D eigenvalue weighted by Gasteiger charge is -2.28. The van der Waals surface area contributed by atoms with Crippen LogP contribution in [-0.2, 0) is 24.2 Å². The molecule has 8 nitrogen and oxygen atoms in total. The minimum absolute atomic E-state index is 0.0621. The largest absolute Gasteiger partial charge is 0.506 e. The van der Waals surface area contributed by atoms with Crippen molar-refractivity contribution < 1.29 is 24.9 Å². The molecule has 1 amide bonds. The molecule has 5 N–H and O–H groups in total. The summed E-state index contributed by atoms with van der Waals surface area (Å²) < 4.78 is 5.60. The number of hydrogen-bond donors (Lipinski definition) is 5. The molecule has 0 radical (unpaired) electrons. The van der Waals surface area contributed by atoms with Crippen LogP contribution >= 0.6 is 0 Å². The molecular formula is C28H35N3O5. The Hall–Kier alpha value is -3.46. The van der Waals surface area contributed by atoms with E-state index in [-0.39, 0.29) is 35.9 Å². The standard InChI is InChI=1S/C28H35N3O5/c1-28(2,30-18-26(34)23-11-12-25(33)24(19-32)31-23)17-21-8-6-7-20(15-21)16-27(35)29-13-14-36-22-9-4-3-5-10-22/h3-12,15,26,30,32-34H,13-14,16-19H2,1-2H3,(H,29,35). The lowest BCUT2D eigenvalue weighted by atomic mass is 9.93. The lowest BCUT2D eigenvalue weighted by molar-refractivity contribution is -0.120. The summed E-state index contributed by atoms with van der Waals surface area (Å²) in [6.45, 7) is 4.76. The Labute approximate surface area is 212 Å². The van der Waals surface area contributed by atoms with Crippen LogP contribution in [0.3, 0.4) is 0 Å². The van der Waals surface area contributed by atoms with Crippen molar-refractivity contribution in [2.45, 2.75) is 44.9 Å². The topological polar surface area (TPSA) is 124 Å². The van der Waals surface area contributed by atoms with Gasteiger partial charge in [0.25, 0.3) is 0 Å². The third-order valence-corrected chi connectivity index (χ3v) is 5.68. The number of para-hydroxylation sites is 1. The van der Waals surface area contributed by atoms with E-state index in [2.05, 4.69) is 15.6 Å². The number of ether oxygens (including phenoxy) is 1. The second-order valence-corrected chi connectivity index (χ2v) is 9.33. The van der Waals surface area contributed by atoms with Gasteiger partial charge in [0.15, 0.2) is 0 Å². The van der Waals surface area contributed by atoms with E-state index < -0.39 is 12.7 Å². The number of aromatic hydroxyl groups is 1. The quantitative estimate of drug-likeness (QED) is 0.232. The van der Waals surface area contributed by atoms with E-state index in [4.69, 9.17) is 4.74 Å². The van der Waals surface area contributed by atoms with Crippen molar-refractivity contribution in [2.75, 3.05) is 19.7 Å². The molecule has 3 rings (SSSR count). The van der Waals surface area contributed by atoms with Crippen LogP contribution in [0.1, 0.15) is 42.5 Å². The van der Waals surface area contributed by atoms with Crippen molar-refractivity contribution >= 4 is 5.91 Å². The first-order valence-electron chi connectivity index (χ1n) is 12.0. The molecule has 0 bridgehead atoms. The van der Waals surface area contributed by atoms with Crippen LogP contribution in [0, 0.1) is 0 Å². The van der Waals surface area contributed by atoms with Crippen molar-refractivity contribution in [3.8, 4) is 11.5 Å². The Morgan fingerprint density at radius 3 is 2.56 bits per heavy atom. The summed E-state index contributed by atoms with van der Waals surface area (Å²) in [5.74, 6) is 0.612. The number of aromatic nitrogens is 1. The predicted molar refractivity (Wildman–Crippen MR) is 138 cm³/mol. The normalized spacial score (nSPS) is 12.2. The van der Waals surface area contributed by atoms with Crippen LogP contribution < -0.4 is 15.4 Å². The summed E-state index contributed by atoms with van der Waals surface area (Å²) in [6.07, 6.45) is 0.0762. The summed E-state index contributed by atoms with van der Waals surface area (Å²) >= 11 is 0. The summed E-state index contributed by atoms with van der Waals surface area (Å²) in [5, 5.41) is 35.7. The molecule has 36 heavy (non-hydrogen) atoms. The van der Waals surface area contributed by atoms with E-state index in [0.29, 0.717) is 25.3 Å². The first kappa shape index (κ1) is 27.1. The zero-order valence-corrected chi connectivity index (χ0v) is 20.8. The van der Waals surface area contributed by atoms with Gasteiger partial charge in [-0.3, -0.25) is 4.79 Å². The van der Waals surface area contributed by atoms with Crippen LogP contribution in [0.2, 0.25) is 0 Å². The van der Waals surface area contributed by atoms with Gasteiger partial charge in [0, 0.05) is 12.1 Å². The number of nitrogens with zero attached hydrogens (tertiary/aromatic N) is 1. The number of nitrogens with one attached hydrogen (secondary N) is 2. The van der Waals surface area contributed by atoms with E-state index in [1.807, 2.05) is 68.4 Å². The van der Waals surface area contributed by atoms with Gasteiger partial charge in [0.05, 0.1) is 25.3 Å². The van der Waals surface area contributed by atoms with Crippen molar-refractivity contribution in [3.63, 3.8) is 0 Å². The lowest BCUT2D eigenvalue weighted by Crippen LogP contribution is -2.43. The highest BCUT2D eigenvalue weighted by molar-refractivity contribution is 5.78. The third-order valence-electron chi connectivity index (χ3n) is 5.68. The van der Waals surface area contributed by atoms with E-state index in [1.54, 1.807) is 0 Å². The fraction of sp³-hybridized carbons (Fsp3) is 0.357. The van der Waals surface area contributed by atoms with Crippen molar-refractivity contribution in [1.29, 1.82) is 0 Å². The van der Waals surface area contributed by atoms with Gasteiger partial charge in [0.1, 0.15) is 29.9 Å². The Morgan fingerprint density at radius 1 is 1.06 bits per heavy atom. The van der Waals surface area contributed by atoms with E-state index in [1.165, 1.54) is 12.1 Å². The summed E-state index contributed by atoms with van der Waals surface area (Å²) in [6, 6.07) is 20.4. The highest BCUT2D eigenvalue weighted by Gasteiger charge is 2.21. The molecule has 0 saturated carbocycles. The van der Waals surface area contributed by atoms with Gasteiger partial charge in [-0.2, -0.15) is 0 Å². The molecular weight excluding hydrogens is 458 g/mol. The third kappa shape index (κ3) is 8.64. The Balaban J connectivity index is 1.46. The molecule has 1 heterocycles. The number of pyridine rings is 1. The zero-order valence-electron chi connectivity index (χ0n) is 20.8. The molecule has 0 aliphatic rings. The summed E-state index contributed by atoms with van der Waals surface area (Å²) in [7, 11) is 0. The van der Waals surface area contributed by atoms with Gasteiger partial charge in [-0.15, -0.1) is 0 Å². The van der Waals surface area contributed by atoms with Gasteiger partial charge >= 0.3 is 0 Å². The number of amides is 1. The molecule has 8 heteroatoms. The number of rotatable bonds is 13. The van der Waals surface area contributed by atoms with Crippen LogP contribution in [0.15, 0.2) is 66.7 Å². The van der Waals surface area contributed by atoms with Crippen molar-refractivity contribution in [2.24, 2.45) is 0 Å². The van der Waals surface area contributed by atoms with E-state index in [0.717, 1.165) is 16.9 Å². The van der Waals surface area contributed by atoms with Crippen LogP contribution in [0.4, 0.5) is 0 Å². The molecule has 0 aliphatic carbocycles. The minimum Gasteiger partial charge on any atom is -0.506 e. The highest BCUT2D eigenvalue weighted by atomic mass is 16.5. The maximum Gasteiger partial charge on any atom is 0.224 e. The summed E-state index contributed by atoms with van der Waals surface area (Å²) in [5.41, 5.74) is 2.17. The molecule has 1 unspecified atom stereocenters. The molecule has 1 atom stereocenters. The Morgan fingerprint density at radius 2 is 1.81 bits per heavy atom. The summed E-state index contributed by atoms with van der Waals surface area (Å²) in [4.78, 5) is 16.5. The van der Waals surface area contributed by atoms with Crippen molar-refractivity contribution in [3.05, 3.63) is 89.2 Å². The Kier molecular flexibility index (Phi) is 9.81. The minimum atomic E-state index is -0.893. The molecule has 3 aromatic rings. The maximum atomic E-state index is 12.4. The monoisotopic (exact) mass is 493 g/mol. The van der Waals surface area contributed by atoms with Gasteiger partial charge < -0.3 is 30.7 Å². The number of carbonyl (C=O) groups excluding carboxylic acids is 1. The number of hydrogen-bond acceptors (Lipinski definition) is 7. The smallest absolute Gasteiger partial charge is 0.224 e. The average Bonchev–Trinajstić information content (AvgIpc) is 2.86. The van der Waals surface area contributed by atoms with Crippen LogP contribution in [-0.4, -0.2) is 51.4 Å². The Bertz CT molecular complexity index is 1120. The first-order chi connectivity index (χ1) is 17.3. The highest BCUT2D eigenvalue weighted by Crippen LogP contribution is 2.20. The van der Waals surface area contributed by atoms with E-state index in [9.17, 15) is 20.1 Å². The number of aliphatic hydroxyl groups excluding tert-OH is 2. The fourth-order valence-electron chi connectivity index (χ4n) is 3.84. The predicted octanol–water partition coefficient (Wildman–Crippen LogP) is 2.66. The molecule has 0 fully saturated rings. The van der Waals surface area contributed by atoms with Gasteiger partial charge in [-0.1, -0.05) is 42.5 Å². The van der Waals surface area contributed by atoms with Crippen LogP contribution in [0.25, 0.3) is 0 Å². The van der Waals surface area contributed by atoms with Crippen LogP contribution in [0.5, 0.6) is 11.5 Å². The zero-order chi connectivity index (χ0) is 26.0. The molecule has 0 saturated heterocycles. The first-order valence-corrected chi connectivity index (χ1v) is 12.0. The van der Waals surface area contributed by atoms with Gasteiger partial charge in [-0.05, 0) is 55.7 Å². The number of carbonyl (C=O) groups is 1. The fourth-order valence-corrected chi connectivity index (χ4v) is 3.84. The second-order valence-electron chi connectivity index (χ2n) is 9.33. The number of β-amino-alcohol motifs (C(OH)–C–C–N with tert-alkyl or cyclic N) is 1. The number of benzene rings is 2.